The van der Waals surface area contributed by atoms with Gasteiger partial charge in [-0.05, 0) is 24.0 Å². The van der Waals surface area contributed by atoms with Gasteiger partial charge in [0.15, 0.2) is 0 Å². The summed E-state index contributed by atoms with van der Waals surface area (Å²) in [4.78, 5) is 14.0. The van der Waals surface area contributed by atoms with Gasteiger partial charge in [0.25, 0.3) is 0 Å². The Kier molecular flexibility index (Phi) is 4.14. The second-order valence-corrected chi connectivity index (χ2v) is 6.15. The average Bonchev–Trinajstić information content (AvgIpc) is 3.35. The average molecular weight is 294 g/mol. The van der Waals surface area contributed by atoms with Crippen molar-refractivity contribution in [3.63, 3.8) is 0 Å². The predicted octanol–water partition coefficient (Wildman–Crippen LogP) is 3.56. The summed E-state index contributed by atoms with van der Waals surface area (Å²) in [5.74, 6) is 0. The van der Waals surface area contributed by atoms with Crippen molar-refractivity contribution < 1.29 is 4.79 Å². The molecule has 3 heteroatoms. The SMILES string of the molecule is CN(Cc1ccccc1)C(=O)NCC1(c2ccccc2)CC1. The molecule has 1 aliphatic rings. The Hall–Kier alpha value is -2.29. The van der Waals surface area contributed by atoms with Gasteiger partial charge in [-0.15, -0.1) is 0 Å². The van der Waals surface area contributed by atoms with Crippen molar-refractivity contribution in [3.05, 3.63) is 71.8 Å². The Morgan fingerprint density at radius 3 is 2.23 bits per heavy atom. The molecule has 3 rings (SSSR count). The van der Waals surface area contributed by atoms with Crippen molar-refractivity contribution in [2.45, 2.75) is 24.8 Å². The van der Waals surface area contributed by atoms with E-state index in [-0.39, 0.29) is 11.4 Å². The van der Waals surface area contributed by atoms with Crippen molar-refractivity contribution >= 4 is 6.03 Å². The number of amides is 2. The fourth-order valence-electron chi connectivity index (χ4n) is 2.82. The summed E-state index contributed by atoms with van der Waals surface area (Å²) in [7, 11) is 1.84. The smallest absolute Gasteiger partial charge is 0.317 e. The molecule has 0 saturated heterocycles. The highest BCUT2D eigenvalue weighted by molar-refractivity contribution is 5.74. The first-order valence-electron chi connectivity index (χ1n) is 7.78. The molecule has 0 bridgehead atoms. The molecule has 2 amide bonds. The highest BCUT2D eigenvalue weighted by atomic mass is 16.2. The molecular formula is C19H22N2O. The molecule has 0 unspecified atom stereocenters. The Bertz CT molecular complexity index is 620. The number of rotatable bonds is 5. The number of urea groups is 1. The molecule has 0 spiro atoms. The van der Waals surface area contributed by atoms with E-state index in [0.717, 1.165) is 24.9 Å². The van der Waals surface area contributed by atoms with Gasteiger partial charge >= 0.3 is 6.03 Å². The number of hydrogen-bond donors (Lipinski definition) is 1. The van der Waals surface area contributed by atoms with E-state index in [1.807, 2.05) is 43.4 Å². The molecule has 0 aromatic heterocycles. The summed E-state index contributed by atoms with van der Waals surface area (Å²) < 4.78 is 0. The van der Waals surface area contributed by atoms with Crippen LogP contribution in [0.2, 0.25) is 0 Å². The first kappa shape index (κ1) is 14.6. The monoisotopic (exact) mass is 294 g/mol. The zero-order valence-corrected chi connectivity index (χ0v) is 13.0. The van der Waals surface area contributed by atoms with Gasteiger partial charge in [-0.1, -0.05) is 60.7 Å². The van der Waals surface area contributed by atoms with Crippen LogP contribution in [-0.2, 0) is 12.0 Å². The molecule has 1 N–H and O–H groups in total. The zero-order chi connectivity index (χ0) is 15.4. The van der Waals surface area contributed by atoms with Crippen LogP contribution in [0.15, 0.2) is 60.7 Å². The summed E-state index contributed by atoms with van der Waals surface area (Å²) in [5, 5.41) is 3.09. The summed E-state index contributed by atoms with van der Waals surface area (Å²) in [6.07, 6.45) is 2.30. The molecule has 1 aliphatic carbocycles. The molecule has 22 heavy (non-hydrogen) atoms. The molecule has 2 aromatic carbocycles. The second kappa shape index (κ2) is 6.22. The number of carbonyl (C=O) groups is 1. The van der Waals surface area contributed by atoms with Crippen LogP contribution >= 0.6 is 0 Å². The van der Waals surface area contributed by atoms with Crippen LogP contribution in [0.3, 0.4) is 0 Å². The van der Waals surface area contributed by atoms with Gasteiger partial charge < -0.3 is 10.2 Å². The number of nitrogens with zero attached hydrogens (tertiary/aromatic N) is 1. The van der Waals surface area contributed by atoms with Crippen molar-refractivity contribution in [1.82, 2.24) is 10.2 Å². The fourth-order valence-corrected chi connectivity index (χ4v) is 2.82. The number of hydrogen-bond acceptors (Lipinski definition) is 1. The van der Waals surface area contributed by atoms with E-state index in [4.69, 9.17) is 0 Å². The zero-order valence-electron chi connectivity index (χ0n) is 13.0. The Morgan fingerprint density at radius 2 is 1.64 bits per heavy atom. The lowest BCUT2D eigenvalue weighted by molar-refractivity contribution is 0.206. The van der Waals surface area contributed by atoms with Crippen molar-refractivity contribution in [2.75, 3.05) is 13.6 Å². The maximum Gasteiger partial charge on any atom is 0.317 e. The van der Waals surface area contributed by atoms with E-state index in [1.54, 1.807) is 4.90 Å². The molecule has 2 aromatic rings. The van der Waals surface area contributed by atoms with E-state index in [0.29, 0.717) is 6.54 Å². The van der Waals surface area contributed by atoms with E-state index in [1.165, 1.54) is 5.56 Å². The van der Waals surface area contributed by atoms with Crippen molar-refractivity contribution in [2.24, 2.45) is 0 Å². The van der Waals surface area contributed by atoms with Crippen LogP contribution in [-0.4, -0.2) is 24.5 Å². The standard InChI is InChI=1S/C19H22N2O/c1-21(14-16-8-4-2-5-9-16)18(22)20-15-19(12-13-19)17-10-6-3-7-11-17/h2-11H,12-15H2,1H3,(H,20,22). The van der Waals surface area contributed by atoms with Gasteiger partial charge in [0.05, 0.1) is 0 Å². The van der Waals surface area contributed by atoms with E-state index in [2.05, 4.69) is 29.6 Å². The lowest BCUT2D eigenvalue weighted by Crippen LogP contribution is -2.40. The van der Waals surface area contributed by atoms with Crippen LogP contribution in [0.25, 0.3) is 0 Å². The Morgan fingerprint density at radius 1 is 1.05 bits per heavy atom. The molecule has 0 radical (unpaired) electrons. The third kappa shape index (κ3) is 3.30. The van der Waals surface area contributed by atoms with Crippen LogP contribution in [0, 0.1) is 0 Å². The van der Waals surface area contributed by atoms with Crippen molar-refractivity contribution in [1.29, 1.82) is 0 Å². The second-order valence-electron chi connectivity index (χ2n) is 6.15. The minimum absolute atomic E-state index is 0.00828. The number of carbonyl (C=O) groups excluding carboxylic acids is 1. The maximum atomic E-state index is 12.3. The van der Waals surface area contributed by atoms with Gasteiger partial charge in [-0.2, -0.15) is 0 Å². The van der Waals surface area contributed by atoms with Crippen molar-refractivity contribution in [3.8, 4) is 0 Å². The van der Waals surface area contributed by atoms with Gasteiger partial charge in [0.2, 0.25) is 0 Å². The molecular weight excluding hydrogens is 272 g/mol. The van der Waals surface area contributed by atoms with Gasteiger partial charge in [-0.3, -0.25) is 0 Å². The quantitative estimate of drug-likeness (QED) is 0.898. The van der Waals surface area contributed by atoms with Crippen LogP contribution in [0.1, 0.15) is 24.0 Å². The molecule has 0 atom stereocenters. The first-order chi connectivity index (χ1) is 10.7. The minimum Gasteiger partial charge on any atom is -0.337 e. The van der Waals surface area contributed by atoms with Gasteiger partial charge in [0.1, 0.15) is 0 Å². The summed E-state index contributed by atoms with van der Waals surface area (Å²) in [5.41, 5.74) is 2.63. The van der Waals surface area contributed by atoms with Crippen LogP contribution in [0.5, 0.6) is 0 Å². The van der Waals surface area contributed by atoms with E-state index < -0.39 is 0 Å². The largest absolute Gasteiger partial charge is 0.337 e. The summed E-state index contributed by atoms with van der Waals surface area (Å²) in [6.45, 7) is 1.35. The molecule has 0 heterocycles. The molecule has 114 valence electrons. The third-order valence-corrected chi connectivity index (χ3v) is 4.43. The van der Waals surface area contributed by atoms with Crippen LogP contribution in [0.4, 0.5) is 4.79 Å². The Labute approximate surface area is 132 Å². The topological polar surface area (TPSA) is 32.3 Å². The highest BCUT2D eigenvalue weighted by Gasteiger charge is 2.44. The van der Waals surface area contributed by atoms with Crippen LogP contribution < -0.4 is 5.32 Å². The van der Waals surface area contributed by atoms with Gasteiger partial charge in [-0.25, -0.2) is 4.79 Å². The van der Waals surface area contributed by atoms with Gasteiger partial charge in [0, 0.05) is 25.6 Å². The molecule has 1 saturated carbocycles. The van der Waals surface area contributed by atoms with E-state index in [9.17, 15) is 4.79 Å². The first-order valence-corrected chi connectivity index (χ1v) is 7.78. The summed E-state index contributed by atoms with van der Waals surface area (Å²) >= 11 is 0. The minimum atomic E-state index is -0.00828. The molecule has 1 fully saturated rings. The van der Waals surface area contributed by atoms with E-state index >= 15 is 0 Å². The maximum absolute atomic E-state index is 12.3. The summed E-state index contributed by atoms with van der Waals surface area (Å²) in [6, 6.07) is 20.5. The molecule has 3 nitrogen and oxygen atoms in total. The Balaban J connectivity index is 1.54. The highest BCUT2D eigenvalue weighted by Crippen LogP contribution is 2.47. The third-order valence-electron chi connectivity index (χ3n) is 4.43. The predicted molar refractivity (Wildman–Crippen MR) is 88.7 cm³/mol. The number of nitrogens with one attached hydrogen (secondary N) is 1. The normalized spacial score (nSPS) is 15.1. The lowest BCUT2D eigenvalue weighted by Gasteiger charge is -2.21. The number of benzene rings is 2. The molecule has 0 aliphatic heterocycles. The fraction of sp³-hybridized carbons (Fsp3) is 0.316. The lowest BCUT2D eigenvalue weighted by atomic mass is 9.96.